The minimum atomic E-state index is -0.440. The Morgan fingerprint density at radius 3 is 2.58 bits per heavy atom. The molecule has 0 aromatic heterocycles. The van der Waals surface area contributed by atoms with E-state index in [0.29, 0.717) is 12.6 Å². The molecule has 3 heteroatoms. The van der Waals surface area contributed by atoms with Crippen LogP contribution in [-0.4, -0.2) is 30.9 Å². The summed E-state index contributed by atoms with van der Waals surface area (Å²) in [7, 11) is 0. The van der Waals surface area contributed by atoms with E-state index >= 15 is 0 Å². The van der Waals surface area contributed by atoms with Gasteiger partial charge in [-0.25, -0.2) is 0 Å². The summed E-state index contributed by atoms with van der Waals surface area (Å²) in [6.45, 7) is 10.5. The highest BCUT2D eigenvalue weighted by atomic mass is 16.5. The van der Waals surface area contributed by atoms with Crippen LogP contribution in [0.4, 0.5) is 0 Å². The smallest absolute Gasteiger partial charge is 0.0914 e. The van der Waals surface area contributed by atoms with E-state index in [0.717, 1.165) is 25.1 Å². The molecule has 0 spiro atoms. The van der Waals surface area contributed by atoms with Crippen molar-refractivity contribution in [3.8, 4) is 0 Å². The number of aryl methyl sites for hydroxylation is 2. The lowest BCUT2D eigenvalue weighted by Crippen LogP contribution is -2.23. The van der Waals surface area contributed by atoms with Gasteiger partial charge in [0.1, 0.15) is 0 Å². The van der Waals surface area contributed by atoms with Crippen molar-refractivity contribution in [2.45, 2.75) is 46.3 Å². The average Bonchev–Trinajstić information content (AvgIpc) is 2.36. The van der Waals surface area contributed by atoms with Gasteiger partial charge in [-0.15, -0.1) is 0 Å². The first kappa shape index (κ1) is 16.2. The Morgan fingerprint density at radius 1 is 1.21 bits per heavy atom. The third-order valence-corrected chi connectivity index (χ3v) is 3.20. The molecule has 0 aliphatic carbocycles. The first-order chi connectivity index (χ1) is 9.00. The number of hydrogen-bond donors (Lipinski definition) is 2. The van der Waals surface area contributed by atoms with Gasteiger partial charge in [0.15, 0.2) is 0 Å². The maximum absolute atomic E-state index is 10.1. The van der Waals surface area contributed by atoms with E-state index in [1.807, 2.05) is 19.9 Å². The molecule has 0 saturated heterocycles. The Bertz CT molecular complexity index is 377. The zero-order valence-electron chi connectivity index (χ0n) is 12.6. The average molecular weight is 265 g/mol. The molecule has 0 aliphatic heterocycles. The van der Waals surface area contributed by atoms with E-state index in [-0.39, 0.29) is 0 Å². The first-order valence-electron chi connectivity index (χ1n) is 7.08. The van der Waals surface area contributed by atoms with Crippen molar-refractivity contribution >= 4 is 0 Å². The summed E-state index contributed by atoms with van der Waals surface area (Å²) in [4.78, 5) is 0. The zero-order chi connectivity index (χ0) is 14.3. The molecule has 19 heavy (non-hydrogen) atoms. The van der Waals surface area contributed by atoms with Gasteiger partial charge in [-0.3, -0.25) is 0 Å². The lowest BCUT2D eigenvalue weighted by molar-refractivity contribution is 0.0763. The second-order valence-electron chi connectivity index (χ2n) is 5.34. The summed E-state index contributed by atoms with van der Waals surface area (Å²) in [6.07, 6.45) is 0.823. The molecule has 1 aromatic rings. The van der Waals surface area contributed by atoms with Gasteiger partial charge in [-0.2, -0.15) is 0 Å². The van der Waals surface area contributed by atoms with Crippen LogP contribution in [0.25, 0.3) is 0 Å². The maximum Gasteiger partial charge on any atom is 0.0914 e. The van der Waals surface area contributed by atoms with E-state index in [1.165, 1.54) is 11.1 Å². The van der Waals surface area contributed by atoms with Crippen LogP contribution in [0.2, 0.25) is 0 Å². The second kappa shape index (κ2) is 8.31. The normalized spacial score (nSPS) is 12.9. The van der Waals surface area contributed by atoms with Gasteiger partial charge in [-0.05, 0) is 57.4 Å². The molecule has 2 N–H and O–H groups in total. The Morgan fingerprint density at radius 2 is 1.95 bits per heavy atom. The first-order valence-corrected chi connectivity index (χ1v) is 7.08. The lowest BCUT2D eigenvalue weighted by atomic mass is 10.0. The van der Waals surface area contributed by atoms with Crippen molar-refractivity contribution in [3.63, 3.8) is 0 Å². The van der Waals surface area contributed by atoms with E-state index in [9.17, 15) is 5.11 Å². The molecule has 1 aromatic carbocycles. The minimum absolute atomic E-state index is 0.293. The van der Waals surface area contributed by atoms with Crippen LogP contribution >= 0.6 is 0 Å². The zero-order valence-corrected chi connectivity index (χ0v) is 12.6. The topological polar surface area (TPSA) is 41.5 Å². The van der Waals surface area contributed by atoms with Crippen LogP contribution < -0.4 is 5.32 Å². The third kappa shape index (κ3) is 6.19. The Kier molecular flexibility index (Phi) is 7.06. The number of rotatable bonds is 8. The molecule has 1 rings (SSSR count). The molecular formula is C16H27NO2. The fraction of sp³-hybridized carbons (Fsp3) is 0.625. The fourth-order valence-electron chi connectivity index (χ4n) is 1.84. The van der Waals surface area contributed by atoms with Gasteiger partial charge in [0, 0.05) is 13.2 Å². The number of benzene rings is 1. The van der Waals surface area contributed by atoms with E-state index in [4.69, 9.17) is 4.74 Å². The number of nitrogens with one attached hydrogen (secondary N) is 1. The summed E-state index contributed by atoms with van der Waals surface area (Å²) >= 11 is 0. The summed E-state index contributed by atoms with van der Waals surface area (Å²) in [6, 6.07) is 6.12. The highest BCUT2D eigenvalue weighted by molar-refractivity contribution is 5.31. The Hall–Kier alpha value is -0.900. The van der Waals surface area contributed by atoms with Crippen LogP contribution in [0.5, 0.6) is 0 Å². The van der Waals surface area contributed by atoms with E-state index in [1.54, 1.807) is 0 Å². The van der Waals surface area contributed by atoms with Crippen LogP contribution in [0.3, 0.4) is 0 Å². The molecule has 0 saturated carbocycles. The Balaban J connectivity index is 2.23. The summed E-state index contributed by atoms with van der Waals surface area (Å²) in [5.74, 6) is 0. The number of hydrogen-bond acceptors (Lipinski definition) is 3. The standard InChI is InChI=1S/C16H27NO2/c1-12(2)19-9-5-8-17-11-16(18)15-7-6-13(3)14(4)10-15/h6-7,10,12,16-18H,5,8-9,11H2,1-4H3. The predicted octanol–water partition coefficient (Wildman–Crippen LogP) is 2.74. The Labute approximate surface area is 117 Å². The maximum atomic E-state index is 10.1. The molecule has 0 bridgehead atoms. The molecule has 3 nitrogen and oxygen atoms in total. The third-order valence-electron chi connectivity index (χ3n) is 3.20. The van der Waals surface area contributed by atoms with E-state index in [2.05, 4.69) is 31.3 Å². The molecule has 0 amide bonds. The van der Waals surface area contributed by atoms with Gasteiger partial charge in [0.2, 0.25) is 0 Å². The predicted molar refractivity (Wildman–Crippen MR) is 79.5 cm³/mol. The van der Waals surface area contributed by atoms with Crippen molar-refractivity contribution in [2.75, 3.05) is 19.7 Å². The largest absolute Gasteiger partial charge is 0.387 e. The van der Waals surface area contributed by atoms with Crippen LogP contribution in [-0.2, 0) is 4.74 Å². The monoisotopic (exact) mass is 265 g/mol. The molecule has 0 aliphatic rings. The number of ether oxygens (including phenoxy) is 1. The van der Waals surface area contributed by atoms with Gasteiger partial charge < -0.3 is 15.2 Å². The molecule has 0 heterocycles. The van der Waals surface area contributed by atoms with Crippen molar-refractivity contribution in [1.29, 1.82) is 0 Å². The molecule has 1 atom stereocenters. The molecule has 1 unspecified atom stereocenters. The molecule has 0 radical (unpaired) electrons. The lowest BCUT2D eigenvalue weighted by Gasteiger charge is -2.14. The minimum Gasteiger partial charge on any atom is -0.387 e. The molecule has 0 fully saturated rings. The molecular weight excluding hydrogens is 238 g/mol. The highest BCUT2D eigenvalue weighted by Crippen LogP contribution is 2.16. The van der Waals surface area contributed by atoms with Crippen molar-refractivity contribution in [1.82, 2.24) is 5.32 Å². The number of aliphatic hydroxyl groups is 1. The highest BCUT2D eigenvalue weighted by Gasteiger charge is 2.07. The van der Waals surface area contributed by atoms with Crippen molar-refractivity contribution in [3.05, 3.63) is 34.9 Å². The van der Waals surface area contributed by atoms with Crippen LogP contribution in [0.15, 0.2) is 18.2 Å². The van der Waals surface area contributed by atoms with E-state index < -0.39 is 6.10 Å². The second-order valence-corrected chi connectivity index (χ2v) is 5.34. The van der Waals surface area contributed by atoms with Crippen molar-refractivity contribution in [2.24, 2.45) is 0 Å². The van der Waals surface area contributed by atoms with Gasteiger partial charge in [-0.1, -0.05) is 18.2 Å². The fourth-order valence-corrected chi connectivity index (χ4v) is 1.84. The number of aliphatic hydroxyl groups excluding tert-OH is 1. The SMILES string of the molecule is Cc1ccc(C(O)CNCCCOC(C)C)cc1C. The summed E-state index contributed by atoms with van der Waals surface area (Å²) in [5, 5.41) is 13.3. The summed E-state index contributed by atoms with van der Waals surface area (Å²) < 4.78 is 5.46. The van der Waals surface area contributed by atoms with Crippen LogP contribution in [0, 0.1) is 13.8 Å². The van der Waals surface area contributed by atoms with Crippen LogP contribution in [0.1, 0.15) is 43.1 Å². The summed E-state index contributed by atoms with van der Waals surface area (Å²) in [5.41, 5.74) is 3.46. The van der Waals surface area contributed by atoms with Gasteiger partial charge in [0.25, 0.3) is 0 Å². The van der Waals surface area contributed by atoms with Gasteiger partial charge >= 0.3 is 0 Å². The van der Waals surface area contributed by atoms with Gasteiger partial charge in [0.05, 0.1) is 12.2 Å². The molecule has 108 valence electrons. The van der Waals surface area contributed by atoms with Crippen molar-refractivity contribution < 1.29 is 9.84 Å². The quantitative estimate of drug-likeness (QED) is 0.710.